The van der Waals surface area contributed by atoms with E-state index in [9.17, 15) is 4.79 Å². The fourth-order valence-corrected chi connectivity index (χ4v) is 0.338. The van der Waals surface area contributed by atoms with Crippen molar-refractivity contribution >= 4 is 30.7 Å². The Hall–Kier alpha value is 1.47. The van der Waals surface area contributed by atoms with E-state index in [-0.39, 0.29) is 18.5 Å². The Kier molecular flexibility index (Phi) is 23.6. The molecule has 0 heterocycles. The summed E-state index contributed by atoms with van der Waals surface area (Å²) in [4.78, 5) is 9.62. The van der Waals surface area contributed by atoms with Crippen LogP contribution in [0.4, 0.5) is 0 Å². The van der Waals surface area contributed by atoms with Crippen LogP contribution < -0.4 is 5.32 Å². The molecule has 0 saturated heterocycles. The average Bonchev–Trinajstić information content (AvgIpc) is 1.91. The summed E-state index contributed by atoms with van der Waals surface area (Å²) in [7, 11) is 0. The van der Waals surface area contributed by atoms with Crippen molar-refractivity contribution in [3.63, 3.8) is 0 Å². The first-order chi connectivity index (χ1) is 4.83. The van der Waals surface area contributed by atoms with Gasteiger partial charge < -0.3 is 10.1 Å². The van der Waals surface area contributed by atoms with Gasteiger partial charge in [-0.3, -0.25) is 0 Å². The summed E-state index contributed by atoms with van der Waals surface area (Å²) >= 11 is 6.32. The van der Waals surface area contributed by atoms with Gasteiger partial charge in [0.2, 0.25) is 0 Å². The molecule has 0 radical (unpaired) electrons. The summed E-state index contributed by atoms with van der Waals surface area (Å²) in [5, 5.41) is 2.92. The average molecular weight is 352 g/mol. The summed E-state index contributed by atoms with van der Waals surface area (Å²) in [5.41, 5.74) is 0. The zero-order chi connectivity index (χ0) is 8.24. The second kappa shape index (κ2) is 16.8. The maximum absolute atomic E-state index is 9.62. The van der Waals surface area contributed by atoms with Crippen LogP contribution in [-0.4, -0.2) is 19.4 Å². The minimum atomic E-state index is -0.145. The van der Waals surface area contributed by atoms with Gasteiger partial charge in [0.25, 0.3) is 0 Å². The molecule has 0 fully saturated rings. The predicted molar refractivity (Wildman–Crippen MR) is 47.1 cm³/mol. The van der Waals surface area contributed by atoms with Gasteiger partial charge in [0, 0.05) is 0 Å². The fourth-order valence-electron chi connectivity index (χ4n) is 0.338. The molecule has 0 spiro atoms. The van der Waals surface area contributed by atoms with Crippen LogP contribution in [0.15, 0.2) is 0 Å². The van der Waals surface area contributed by atoms with Gasteiger partial charge in [-0.1, -0.05) is 6.92 Å². The van der Waals surface area contributed by atoms with E-state index < -0.39 is 0 Å². The first-order valence-corrected chi connectivity index (χ1v) is 14.2. The third kappa shape index (κ3) is 22.7. The maximum atomic E-state index is 9.62. The van der Waals surface area contributed by atoms with Crippen molar-refractivity contribution in [2.24, 2.45) is 0 Å². The molecule has 0 aliphatic heterocycles. The molecule has 0 aromatic rings. The summed E-state index contributed by atoms with van der Waals surface area (Å²) in [6.07, 6.45) is 1.96. The number of aldehydes is 1. The van der Waals surface area contributed by atoms with Crippen molar-refractivity contribution in [1.82, 2.24) is 5.32 Å². The zero-order valence-corrected chi connectivity index (χ0v) is 11.5. The van der Waals surface area contributed by atoms with E-state index in [0.29, 0.717) is 6.54 Å². The van der Waals surface area contributed by atoms with Gasteiger partial charge in [0.1, 0.15) is 6.29 Å². The second-order valence-corrected chi connectivity index (χ2v) is 12.8. The van der Waals surface area contributed by atoms with Gasteiger partial charge in [-0.25, -0.2) is 0 Å². The van der Waals surface area contributed by atoms with Gasteiger partial charge in [-0.2, -0.15) is 0 Å². The number of rotatable bonds is 4. The van der Waals surface area contributed by atoms with Crippen LogP contribution in [-0.2, 0) is 23.3 Å². The van der Waals surface area contributed by atoms with Crippen LogP contribution in [0, 0.1) is 0 Å². The predicted octanol–water partition coefficient (Wildman–Crippen LogP) is 1.87. The summed E-state index contributed by atoms with van der Waals surface area (Å²) in [6, 6.07) is 0. The van der Waals surface area contributed by atoms with Gasteiger partial charge in [-0.15, -0.1) is 0 Å². The van der Waals surface area contributed by atoms with Crippen LogP contribution in [0.3, 0.4) is 0 Å². The van der Waals surface area contributed by atoms with Gasteiger partial charge in [0.05, 0.1) is 6.54 Å². The van der Waals surface area contributed by atoms with E-state index >= 15 is 0 Å². The van der Waals surface area contributed by atoms with E-state index in [4.69, 9.17) is 0 Å². The van der Waals surface area contributed by atoms with Gasteiger partial charge in [-0.05, 0) is 13.0 Å². The van der Waals surface area contributed by atoms with Crippen LogP contribution in [0.1, 0.15) is 13.3 Å². The number of hydrogen-bond donors (Lipinski definition) is 1. The first kappa shape index (κ1) is 14.0. The van der Waals surface area contributed by atoms with Crippen molar-refractivity contribution in [1.29, 1.82) is 0 Å². The molecule has 0 rings (SSSR count). The third-order valence-corrected chi connectivity index (χ3v) is 0.654. The molecule has 0 aromatic heterocycles. The zero-order valence-electron chi connectivity index (χ0n) is 5.86. The molecule has 0 aliphatic rings. The Morgan fingerprint density at radius 2 is 2.10 bits per heavy atom. The van der Waals surface area contributed by atoms with Crippen LogP contribution in [0.25, 0.3) is 0 Å². The second-order valence-electron chi connectivity index (χ2n) is 1.44. The first-order valence-electron chi connectivity index (χ1n) is 2.94. The molecule has 0 atom stereocenters. The van der Waals surface area contributed by atoms with Gasteiger partial charge in [0.15, 0.2) is 0 Å². The number of carbonyl (C=O) groups is 1. The van der Waals surface area contributed by atoms with E-state index in [0.717, 1.165) is 19.3 Å². The monoisotopic (exact) mass is 349 g/mol. The van der Waals surface area contributed by atoms with Crippen LogP contribution in [0.5, 0.6) is 0 Å². The summed E-state index contributed by atoms with van der Waals surface area (Å²) in [6.45, 7) is 3.50. The molecule has 0 bridgehead atoms. The molecule has 0 aliphatic carbocycles. The van der Waals surface area contributed by atoms with Crippen molar-refractivity contribution < 1.29 is 23.3 Å². The number of nitrogens with one attached hydrogen (secondary N) is 1. The SMILES string of the molecule is CCCNCC=O.[Br][Zr][Br]. The number of hydrogen-bond acceptors (Lipinski definition) is 2. The topological polar surface area (TPSA) is 29.1 Å². The van der Waals surface area contributed by atoms with E-state index in [1.807, 2.05) is 0 Å². The van der Waals surface area contributed by atoms with Crippen LogP contribution in [0.2, 0.25) is 0 Å². The minimum absolute atomic E-state index is 0.145. The summed E-state index contributed by atoms with van der Waals surface area (Å²) in [5.74, 6) is 0. The molecule has 0 unspecified atom stereocenters. The van der Waals surface area contributed by atoms with Crippen LogP contribution >= 0.6 is 24.4 Å². The molecule has 1 N–H and O–H groups in total. The van der Waals surface area contributed by atoms with E-state index in [1.165, 1.54) is 0 Å². The van der Waals surface area contributed by atoms with Crippen molar-refractivity contribution in [2.75, 3.05) is 13.1 Å². The van der Waals surface area contributed by atoms with Gasteiger partial charge >= 0.3 is 43.0 Å². The fraction of sp³-hybridized carbons (Fsp3) is 0.800. The Labute approximate surface area is 85.0 Å². The molecule has 2 nitrogen and oxygen atoms in total. The number of carbonyl (C=O) groups excluding carboxylic acids is 1. The molecular weight excluding hydrogens is 341 g/mol. The standard InChI is InChI=1S/C5H11NO.2BrH.Zr/c1-2-3-6-4-5-7;;;/h5-6H,2-4H2,1H3;2*1H;/q;;;+2/p-2. The van der Waals surface area contributed by atoms with Crippen molar-refractivity contribution in [3.8, 4) is 0 Å². The van der Waals surface area contributed by atoms with E-state index in [1.54, 1.807) is 0 Å². The third-order valence-electron chi connectivity index (χ3n) is 0.654. The summed E-state index contributed by atoms with van der Waals surface area (Å²) < 4.78 is 0. The van der Waals surface area contributed by atoms with E-state index in [2.05, 4.69) is 36.7 Å². The Morgan fingerprint density at radius 3 is 2.40 bits per heavy atom. The normalized spacial score (nSPS) is 7.50. The molecular formula is C5H11Br2NOZr. The molecule has 0 aromatic carbocycles. The Bertz CT molecular complexity index is 65.6. The Morgan fingerprint density at radius 1 is 1.60 bits per heavy atom. The Balaban J connectivity index is 0. The molecule has 60 valence electrons. The molecule has 10 heavy (non-hydrogen) atoms. The molecule has 5 heteroatoms. The number of halogens is 2. The quantitative estimate of drug-likeness (QED) is 0.618. The molecule has 0 amide bonds. The molecule has 0 saturated carbocycles. The van der Waals surface area contributed by atoms with Crippen molar-refractivity contribution in [2.45, 2.75) is 13.3 Å². The van der Waals surface area contributed by atoms with Crippen molar-refractivity contribution in [3.05, 3.63) is 0 Å².